The van der Waals surface area contributed by atoms with Crippen molar-refractivity contribution in [2.75, 3.05) is 0 Å². The van der Waals surface area contributed by atoms with Crippen LogP contribution in [-0.4, -0.2) is 10.2 Å². The first-order chi connectivity index (χ1) is 4.86. The second-order valence-corrected chi connectivity index (χ2v) is 2.38. The van der Waals surface area contributed by atoms with Gasteiger partial charge < -0.3 is 5.10 Å². The van der Waals surface area contributed by atoms with Crippen LogP contribution in [0.4, 0.5) is 0 Å². The Bertz CT molecular complexity index is 354. The first-order valence-corrected chi connectivity index (χ1v) is 3.19. The van der Waals surface area contributed by atoms with Crippen LogP contribution in [0.3, 0.4) is 0 Å². The zero-order chi connectivity index (χ0) is 6.97. The van der Waals surface area contributed by atoms with Crippen molar-refractivity contribution in [2.24, 2.45) is 0 Å². The van der Waals surface area contributed by atoms with E-state index in [1.807, 2.05) is 12.1 Å². The van der Waals surface area contributed by atoms with Crippen molar-refractivity contribution in [3.05, 3.63) is 30.0 Å². The van der Waals surface area contributed by atoms with Gasteiger partial charge in [-0.3, -0.25) is 5.10 Å². The Hall–Kier alpha value is -0.115. The standard InChI is InChI=1S/C8H7N2.La/c1-6-2-3-7-5-9-10-8(7)4-6;/h2-4H,1H3,(H,9,10);/q-1;. The first kappa shape index (κ1) is 8.98. The number of nitrogens with zero attached hydrogens (tertiary/aromatic N) is 1. The van der Waals surface area contributed by atoms with Gasteiger partial charge in [-0.05, 0) is 18.6 Å². The van der Waals surface area contributed by atoms with E-state index in [1.165, 1.54) is 5.56 Å². The van der Waals surface area contributed by atoms with Crippen LogP contribution in [0.1, 0.15) is 5.56 Å². The summed E-state index contributed by atoms with van der Waals surface area (Å²) in [6.07, 6.45) is 2.84. The number of rotatable bonds is 0. The van der Waals surface area contributed by atoms with Gasteiger partial charge in [-0.25, -0.2) is 0 Å². The van der Waals surface area contributed by atoms with E-state index in [2.05, 4.69) is 29.4 Å². The molecule has 53 valence electrons. The van der Waals surface area contributed by atoms with Crippen LogP contribution in [0, 0.1) is 48.7 Å². The third kappa shape index (κ3) is 1.72. The molecule has 0 spiro atoms. The Balaban J connectivity index is 0.000000605. The van der Waals surface area contributed by atoms with Crippen molar-refractivity contribution in [1.82, 2.24) is 10.2 Å². The Morgan fingerprint density at radius 2 is 2.27 bits per heavy atom. The van der Waals surface area contributed by atoms with Crippen LogP contribution in [-0.2, 0) is 0 Å². The minimum absolute atomic E-state index is 0. The maximum Gasteiger partial charge on any atom is 0 e. The topological polar surface area (TPSA) is 28.7 Å². The second-order valence-electron chi connectivity index (χ2n) is 2.38. The number of fused-ring (bicyclic) bond motifs is 1. The van der Waals surface area contributed by atoms with Gasteiger partial charge in [0, 0.05) is 35.6 Å². The van der Waals surface area contributed by atoms with Crippen LogP contribution >= 0.6 is 0 Å². The van der Waals surface area contributed by atoms with E-state index < -0.39 is 0 Å². The van der Waals surface area contributed by atoms with Gasteiger partial charge in [-0.2, -0.15) is 6.07 Å². The number of hydrogen-bond acceptors (Lipinski definition) is 1. The fraction of sp³-hybridized carbons (Fsp3) is 0.125. The molecule has 0 atom stereocenters. The van der Waals surface area contributed by atoms with Crippen molar-refractivity contribution in [3.8, 4) is 0 Å². The molecule has 1 aromatic carbocycles. The zero-order valence-electron chi connectivity index (χ0n) is 6.26. The van der Waals surface area contributed by atoms with Gasteiger partial charge in [-0.15, -0.1) is 11.5 Å². The summed E-state index contributed by atoms with van der Waals surface area (Å²) in [7, 11) is 0. The van der Waals surface area contributed by atoms with Crippen molar-refractivity contribution in [3.63, 3.8) is 0 Å². The van der Waals surface area contributed by atoms with Crippen molar-refractivity contribution >= 4 is 10.9 Å². The molecular formula is C8H7LaN2-. The van der Waals surface area contributed by atoms with E-state index in [-0.39, 0.29) is 35.6 Å². The molecule has 2 rings (SSSR count). The van der Waals surface area contributed by atoms with E-state index in [9.17, 15) is 0 Å². The molecule has 0 bridgehead atoms. The molecule has 1 heterocycles. The fourth-order valence-corrected chi connectivity index (χ4v) is 0.996. The number of aromatic nitrogens is 2. The fourth-order valence-electron chi connectivity index (χ4n) is 0.996. The molecule has 2 aromatic rings. The molecular weight excluding hydrogens is 263 g/mol. The Labute approximate surface area is 93.0 Å². The van der Waals surface area contributed by atoms with Crippen molar-refractivity contribution < 1.29 is 35.6 Å². The maximum absolute atomic E-state index is 3.79. The summed E-state index contributed by atoms with van der Waals surface area (Å²) in [6, 6.07) is 6.11. The average Bonchev–Trinajstić information content (AvgIpc) is 2.33. The zero-order valence-corrected chi connectivity index (χ0v) is 9.88. The summed E-state index contributed by atoms with van der Waals surface area (Å²) in [4.78, 5) is 0. The Morgan fingerprint density at radius 3 is 3.09 bits per heavy atom. The van der Waals surface area contributed by atoms with E-state index in [4.69, 9.17) is 0 Å². The first-order valence-electron chi connectivity index (χ1n) is 3.19. The van der Waals surface area contributed by atoms with Crippen LogP contribution in [0.15, 0.2) is 18.2 Å². The van der Waals surface area contributed by atoms with Gasteiger partial charge in [0.05, 0.1) is 0 Å². The predicted molar refractivity (Wildman–Crippen MR) is 39.7 cm³/mol. The van der Waals surface area contributed by atoms with Gasteiger partial charge in [0.1, 0.15) is 0 Å². The van der Waals surface area contributed by atoms with Gasteiger partial charge in [0.15, 0.2) is 0 Å². The van der Waals surface area contributed by atoms with E-state index in [0.717, 1.165) is 10.9 Å². The SMILES string of the molecule is Cc1ccc2[c-]n[nH]c2c1.[La]. The van der Waals surface area contributed by atoms with E-state index in [1.54, 1.807) is 0 Å². The van der Waals surface area contributed by atoms with Gasteiger partial charge in [-0.1, -0.05) is 11.6 Å². The number of benzene rings is 1. The molecule has 1 radical (unpaired) electrons. The molecule has 0 aliphatic carbocycles. The van der Waals surface area contributed by atoms with Crippen molar-refractivity contribution in [2.45, 2.75) is 6.92 Å². The number of H-pyrrole nitrogens is 1. The van der Waals surface area contributed by atoms with Crippen LogP contribution < -0.4 is 0 Å². The summed E-state index contributed by atoms with van der Waals surface area (Å²) in [5, 5.41) is 7.69. The van der Waals surface area contributed by atoms with E-state index >= 15 is 0 Å². The van der Waals surface area contributed by atoms with Gasteiger partial charge in [0.25, 0.3) is 0 Å². The molecule has 0 aliphatic heterocycles. The maximum atomic E-state index is 3.79. The number of aryl methyl sites for hydroxylation is 1. The summed E-state index contributed by atoms with van der Waals surface area (Å²) in [5.41, 5.74) is 2.30. The van der Waals surface area contributed by atoms with E-state index in [0.29, 0.717) is 0 Å². The molecule has 0 aliphatic rings. The quantitative estimate of drug-likeness (QED) is 0.725. The van der Waals surface area contributed by atoms with Crippen LogP contribution in [0.2, 0.25) is 0 Å². The number of aromatic amines is 1. The number of hydrogen-bond donors (Lipinski definition) is 1. The average molecular weight is 270 g/mol. The monoisotopic (exact) mass is 270 g/mol. The molecule has 11 heavy (non-hydrogen) atoms. The Kier molecular flexibility index (Phi) is 2.87. The van der Waals surface area contributed by atoms with Gasteiger partial charge >= 0.3 is 0 Å². The summed E-state index contributed by atoms with van der Waals surface area (Å²) in [6.45, 7) is 2.06. The summed E-state index contributed by atoms with van der Waals surface area (Å²) >= 11 is 0. The van der Waals surface area contributed by atoms with Crippen molar-refractivity contribution in [1.29, 1.82) is 0 Å². The molecule has 1 N–H and O–H groups in total. The molecule has 1 aromatic heterocycles. The molecule has 0 saturated heterocycles. The third-order valence-electron chi connectivity index (χ3n) is 1.53. The molecule has 0 saturated carbocycles. The molecule has 0 amide bonds. The molecule has 0 fully saturated rings. The molecule has 2 nitrogen and oxygen atoms in total. The minimum atomic E-state index is 0. The number of nitrogens with one attached hydrogen (secondary N) is 1. The summed E-state index contributed by atoms with van der Waals surface area (Å²) in [5.74, 6) is 0. The second kappa shape index (κ2) is 3.52. The normalized spacial score (nSPS) is 9.55. The predicted octanol–water partition coefficient (Wildman–Crippen LogP) is 1.67. The molecule has 3 heteroatoms. The third-order valence-corrected chi connectivity index (χ3v) is 1.53. The summed E-state index contributed by atoms with van der Waals surface area (Å²) < 4.78 is 0. The smallest absolute Gasteiger partial charge is 0 e. The Morgan fingerprint density at radius 1 is 1.45 bits per heavy atom. The van der Waals surface area contributed by atoms with Gasteiger partial charge in [0.2, 0.25) is 0 Å². The van der Waals surface area contributed by atoms with Crippen LogP contribution in [0.5, 0.6) is 0 Å². The largest absolute Gasteiger partial charge is 0.344 e. The van der Waals surface area contributed by atoms with Crippen LogP contribution in [0.25, 0.3) is 10.9 Å². The molecule has 0 unspecified atom stereocenters. The minimum Gasteiger partial charge on any atom is -0.344 e.